The van der Waals surface area contributed by atoms with Gasteiger partial charge in [-0.2, -0.15) is 11.3 Å². The summed E-state index contributed by atoms with van der Waals surface area (Å²) in [5, 5.41) is 9.15. The minimum atomic E-state index is -0.251. The molecule has 0 fully saturated rings. The topological polar surface area (TPSA) is 76.0 Å². The Balaban J connectivity index is 2.16. The Bertz CT molecular complexity index is 850. The fraction of sp³-hybridized carbons (Fsp3) is 0.118. The molecule has 2 aromatic heterocycles. The molecule has 0 spiro atoms. The van der Waals surface area contributed by atoms with Gasteiger partial charge in [-0.15, -0.1) is 0 Å². The van der Waals surface area contributed by atoms with Crippen LogP contribution in [0, 0.1) is 0 Å². The van der Waals surface area contributed by atoms with Crippen LogP contribution >= 0.6 is 11.3 Å². The smallest absolute Gasteiger partial charge is 0.251 e. The van der Waals surface area contributed by atoms with Crippen molar-refractivity contribution in [2.45, 2.75) is 0 Å². The van der Waals surface area contributed by atoms with Crippen molar-refractivity contribution in [1.29, 1.82) is 0 Å². The predicted octanol–water partition coefficient (Wildman–Crippen LogP) is 2.32. The van der Waals surface area contributed by atoms with E-state index in [0.29, 0.717) is 16.8 Å². The van der Waals surface area contributed by atoms with E-state index in [1.165, 1.54) is 0 Å². The number of benzene rings is 1. The Labute approximate surface area is 143 Å². The van der Waals surface area contributed by atoms with Gasteiger partial charge in [0.2, 0.25) is 0 Å². The maximum Gasteiger partial charge on any atom is 0.251 e. The van der Waals surface area contributed by atoms with Gasteiger partial charge in [0.1, 0.15) is 5.82 Å². The highest BCUT2D eigenvalue weighted by Gasteiger charge is 2.15. The number of aromatic nitrogens is 2. The summed E-state index contributed by atoms with van der Waals surface area (Å²) in [6.07, 6.45) is 3.50. The van der Waals surface area contributed by atoms with Gasteiger partial charge in [0.25, 0.3) is 11.8 Å². The Morgan fingerprint density at radius 2 is 1.75 bits per heavy atom. The lowest BCUT2D eigenvalue weighted by molar-refractivity contribution is 0.0962. The second kappa shape index (κ2) is 6.67. The van der Waals surface area contributed by atoms with Crippen molar-refractivity contribution in [3.8, 4) is 17.1 Å². The van der Waals surface area contributed by atoms with Gasteiger partial charge in [-0.25, -0.2) is 4.98 Å². The number of hydrogen-bond acceptors (Lipinski definition) is 4. The Hall–Kier alpha value is -2.93. The third kappa shape index (κ3) is 2.93. The lowest BCUT2D eigenvalue weighted by Gasteiger charge is -2.11. The quantitative estimate of drug-likeness (QED) is 0.765. The minimum Gasteiger partial charge on any atom is -0.355 e. The highest BCUT2D eigenvalue weighted by Crippen LogP contribution is 2.25. The van der Waals surface area contributed by atoms with Gasteiger partial charge in [0, 0.05) is 54.2 Å². The molecule has 3 aromatic rings. The average Bonchev–Trinajstić information content (AvgIpc) is 3.30. The molecule has 2 amide bonds. The van der Waals surface area contributed by atoms with Gasteiger partial charge in [-0.3, -0.25) is 14.2 Å². The van der Waals surface area contributed by atoms with Crippen molar-refractivity contribution in [1.82, 2.24) is 20.2 Å². The van der Waals surface area contributed by atoms with E-state index in [9.17, 15) is 9.59 Å². The van der Waals surface area contributed by atoms with Gasteiger partial charge in [0.15, 0.2) is 0 Å². The molecule has 1 aromatic carbocycles. The molecule has 2 N–H and O–H groups in total. The lowest BCUT2D eigenvalue weighted by atomic mass is 10.1. The van der Waals surface area contributed by atoms with E-state index in [4.69, 9.17) is 0 Å². The van der Waals surface area contributed by atoms with Crippen LogP contribution in [0.25, 0.3) is 17.1 Å². The van der Waals surface area contributed by atoms with Gasteiger partial charge < -0.3 is 10.6 Å². The zero-order valence-electron chi connectivity index (χ0n) is 13.2. The molecule has 0 radical (unpaired) electrons. The van der Waals surface area contributed by atoms with Gasteiger partial charge in [-0.05, 0) is 29.6 Å². The van der Waals surface area contributed by atoms with Crippen LogP contribution < -0.4 is 10.6 Å². The first-order valence-electron chi connectivity index (χ1n) is 7.29. The van der Waals surface area contributed by atoms with E-state index in [2.05, 4.69) is 15.6 Å². The van der Waals surface area contributed by atoms with E-state index < -0.39 is 0 Å². The van der Waals surface area contributed by atoms with E-state index in [1.807, 2.05) is 27.6 Å². The normalized spacial score (nSPS) is 10.4. The van der Waals surface area contributed by atoms with Crippen molar-refractivity contribution >= 4 is 23.2 Å². The third-order valence-corrected chi connectivity index (χ3v) is 4.28. The average molecular weight is 340 g/mol. The molecule has 0 aliphatic carbocycles. The molecule has 0 bridgehead atoms. The molecule has 122 valence electrons. The summed E-state index contributed by atoms with van der Waals surface area (Å²) in [5.74, 6) is 0.256. The summed E-state index contributed by atoms with van der Waals surface area (Å²) in [7, 11) is 3.12. The lowest BCUT2D eigenvalue weighted by Crippen LogP contribution is -2.22. The molecule has 0 aliphatic rings. The predicted molar refractivity (Wildman–Crippen MR) is 93.7 cm³/mol. The van der Waals surface area contributed by atoms with Crippen LogP contribution in [0.1, 0.15) is 20.7 Å². The zero-order chi connectivity index (χ0) is 17.1. The molecule has 2 heterocycles. The summed E-state index contributed by atoms with van der Waals surface area (Å²) < 4.78 is 1.86. The first-order valence-corrected chi connectivity index (χ1v) is 8.24. The number of nitrogens with one attached hydrogen (secondary N) is 2. The van der Waals surface area contributed by atoms with Crippen molar-refractivity contribution in [2.75, 3.05) is 14.1 Å². The van der Waals surface area contributed by atoms with Gasteiger partial charge in [0.05, 0.1) is 0 Å². The Morgan fingerprint density at radius 3 is 2.29 bits per heavy atom. The fourth-order valence-corrected chi connectivity index (χ4v) is 3.05. The molecular formula is C17H16N4O2S. The number of thiophene rings is 1. The van der Waals surface area contributed by atoms with Crippen molar-refractivity contribution < 1.29 is 9.59 Å². The number of carbonyl (C=O) groups is 2. The number of rotatable bonds is 4. The summed E-state index contributed by atoms with van der Waals surface area (Å²) >= 11 is 1.58. The second-order valence-corrected chi connectivity index (χ2v) is 5.84. The Kier molecular flexibility index (Phi) is 4.43. The molecule has 0 saturated heterocycles. The SMILES string of the molecule is CNC(=O)c1cc(C(=O)NC)cc(-n2ccnc2-c2ccsc2)c1. The van der Waals surface area contributed by atoms with Gasteiger partial charge >= 0.3 is 0 Å². The molecule has 0 atom stereocenters. The zero-order valence-corrected chi connectivity index (χ0v) is 14.1. The number of imidazole rings is 1. The number of amides is 2. The molecule has 3 rings (SSSR count). The van der Waals surface area contributed by atoms with Crippen molar-refractivity contribution in [3.63, 3.8) is 0 Å². The monoisotopic (exact) mass is 340 g/mol. The van der Waals surface area contributed by atoms with E-state index in [0.717, 1.165) is 11.4 Å². The highest BCUT2D eigenvalue weighted by molar-refractivity contribution is 7.08. The summed E-state index contributed by atoms with van der Waals surface area (Å²) in [5.41, 5.74) is 2.52. The molecule has 0 aliphatic heterocycles. The molecule has 7 heteroatoms. The fourth-order valence-electron chi connectivity index (χ4n) is 2.42. The van der Waals surface area contributed by atoms with E-state index >= 15 is 0 Å². The maximum atomic E-state index is 12.0. The Morgan fingerprint density at radius 1 is 1.08 bits per heavy atom. The standard InChI is InChI=1S/C17H16N4O2S/c1-18-16(22)12-7-13(17(23)19-2)9-14(8-12)21-5-4-20-15(21)11-3-6-24-10-11/h3-10H,1-2H3,(H,18,22)(H,19,23). The van der Waals surface area contributed by atoms with Crippen LogP contribution in [0.3, 0.4) is 0 Å². The van der Waals surface area contributed by atoms with E-state index in [-0.39, 0.29) is 11.8 Å². The van der Waals surface area contributed by atoms with E-state index in [1.54, 1.807) is 49.8 Å². The second-order valence-electron chi connectivity index (χ2n) is 5.06. The van der Waals surface area contributed by atoms with Gasteiger partial charge in [-0.1, -0.05) is 0 Å². The first kappa shape index (κ1) is 15.9. The largest absolute Gasteiger partial charge is 0.355 e. The highest BCUT2D eigenvalue weighted by atomic mass is 32.1. The number of nitrogens with zero attached hydrogens (tertiary/aromatic N) is 2. The molecular weight excluding hydrogens is 324 g/mol. The maximum absolute atomic E-state index is 12.0. The van der Waals surface area contributed by atoms with Crippen LogP contribution in [-0.4, -0.2) is 35.5 Å². The van der Waals surface area contributed by atoms with Crippen LogP contribution in [0.5, 0.6) is 0 Å². The molecule has 6 nitrogen and oxygen atoms in total. The number of carbonyl (C=O) groups excluding carboxylic acids is 2. The minimum absolute atomic E-state index is 0.251. The first-order chi connectivity index (χ1) is 11.6. The number of hydrogen-bond donors (Lipinski definition) is 2. The van der Waals surface area contributed by atoms with Crippen LogP contribution in [0.2, 0.25) is 0 Å². The van der Waals surface area contributed by atoms with Crippen molar-refractivity contribution in [2.24, 2.45) is 0 Å². The molecule has 24 heavy (non-hydrogen) atoms. The van der Waals surface area contributed by atoms with Crippen LogP contribution in [0.15, 0.2) is 47.4 Å². The van der Waals surface area contributed by atoms with Crippen LogP contribution in [-0.2, 0) is 0 Å². The molecule has 0 unspecified atom stereocenters. The summed E-state index contributed by atoms with van der Waals surface area (Å²) in [6.45, 7) is 0. The van der Waals surface area contributed by atoms with Crippen molar-refractivity contribution in [3.05, 3.63) is 58.5 Å². The summed E-state index contributed by atoms with van der Waals surface area (Å²) in [6, 6.07) is 7.03. The van der Waals surface area contributed by atoms with Crippen LogP contribution in [0.4, 0.5) is 0 Å². The third-order valence-electron chi connectivity index (χ3n) is 3.59. The summed E-state index contributed by atoms with van der Waals surface area (Å²) in [4.78, 5) is 28.5. The molecule has 0 saturated carbocycles.